The zero-order chi connectivity index (χ0) is 18.9. The van der Waals surface area contributed by atoms with Crippen LogP contribution in [0.5, 0.6) is 0 Å². The smallest absolute Gasteiger partial charge is 0.328 e. The van der Waals surface area contributed by atoms with E-state index in [-0.39, 0.29) is 5.69 Å². The highest BCUT2D eigenvalue weighted by atomic mass is 16.6. The molecule has 2 aromatic carbocycles. The van der Waals surface area contributed by atoms with Gasteiger partial charge in [0, 0.05) is 24.6 Å². The van der Waals surface area contributed by atoms with Gasteiger partial charge in [0.25, 0.3) is 5.69 Å². The van der Waals surface area contributed by atoms with Crippen LogP contribution in [0.2, 0.25) is 0 Å². The van der Waals surface area contributed by atoms with Crippen molar-refractivity contribution in [2.24, 2.45) is 0 Å². The Kier molecular flexibility index (Phi) is 6.61. The summed E-state index contributed by atoms with van der Waals surface area (Å²) in [6, 6.07) is 14.3. The molecule has 0 aliphatic heterocycles. The number of non-ortho nitro benzene ring substituents is 1. The van der Waals surface area contributed by atoms with Gasteiger partial charge in [0.1, 0.15) is 6.04 Å². The Morgan fingerprint density at radius 1 is 1.19 bits per heavy atom. The minimum absolute atomic E-state index is 0.0657. The molecule has 1 N–H and O–H groups in total. The van der Waals surface area contributed by atoms with E-state index >= 15 is 0 Å². The molecule has 0 fully saturated rings. The number of amides is 1. The zero-order valence-corrected chi connectivity index (χ0v) is 14.1. The first-order valence-corrected chi connectivity index (χ1v) is 7.84. The van der Waals surface area contributed by atoms with Crippen molar-refractivity contribution >= 4 is 23.6 Å². The van der Waals surface area contributed by atoms with Crippen molar-refractivity contribution in [1.29, 1.82) is 0 Å². The van der Waals surface area contributed by atoms with Crippen LogP contribution in [-0.2, 0) is 20.7 Å². The van der Waals surface area contributed by atoms with E-state index < -0.39 is 22.8 Å². The number of nitrogens with one attached hydrogen (secondary N) is 1. The van der Waals surface area contributed by atoms with Crippen molar-refractivity contribution < 1.29 is 19.2 Å². The number of hydrogen-bond acceptors (Lipinski definition) is 5. The second-order valence-corrected chi connectivity index (χ2v) is 5.46. The number of rotatable bonds is 7. The summed E-state index contributed by atoms with van der Waals surface area (Å²) in [7, 11) is 1.26. The van der Waals surface area contributed by atoms with Crippen LogP contribution < -0.4 is 5.32 Å². The summed E-state index contributed by atoms with van der Waals surface area (Å²) < 4.78 is 4.74. The Balaban J connectivity index is 2.05. The normalized spacial score (nSPS) is 11.7. The summed E-state index contributed by atoms with van der Waals surface area (Å²) in [6.07, 6.45) is 2.96. The molecule has 0 unspecified atom stereocenters. The first kappa shape index (κ1) is 18.9. The van der Waals surface area contributed by atoms with E-state index in [1.807, 2.05) is 30.3 Å². The van der Waals surface area contributed by atoms with E-state index in [4.69, 9.17) is 4.74 Å². The maximum Gasteiger partial charge on any atom is 0.328 e. The Hall–Kier alpha value is -3.48. The second kappa shape index (κ2) is 9.12. The highest BCUT2D eigenvalue weighted by molar-refractivity contribution is 5.94. The summed E-state index contributed by atoms with van der Waals surface area (Å²) >= 11 is 0. The molecule has 7 nitrogen and oxygen atoms in total. The van der Waals surface area contributed by atoms with Gasteiger partial charge in [-0.1, -0.05) is 42.5 Å². The summed E-state index contributed by atoms with van der Waals surface area (Å²) in [5.41, 5.74) is 1.32. The number of ether oxygens (including phenoxy) is 1. The van der Waals surface area contributed by atoms with Gasteiger partial charge in [-0.2, -0.15) is 0 Å². The number of methoxy groups -OCH3 is 1. The molecular weight excluding hydrogens is 336 g/mol. The summed E-state index contributed by atoms with van der Waals surface area (Å²) in [5, 5.41) is 13.4. The van der Waals surface area contributed by atoms with Gasteiger partial charge in [0.15, 0.2) is 0 Å². The Labute approximate surface area is 150 Å². The number of nitrogens with zero attached hydrogens (tertiary/aromatic N) is 1. The topological polar surface area (TPSA) is 98.5 Å². The van der Waals surface area contributed by atoms with E-state index in [1.54, 1.807) is 6.07 Å². The molecule has 1 amide bonds. The third kappa shape index (κ3) is 5.55. The van der Waals surface area contributed by atoms with Crippen LogP contribution in [0.15, 0.2) is 60.7 Å². The minimum atomic E-state index is -0.829. The molecule has 2 aromatic rings. The molecule has 134 valence electrons. The zero-order valence-electron chi connectivity index (χ0n) is 14.1. The fourth-order valence-electron chi connectivity index (χ4n) is 2.32. The third-order valence-electron chi connectivity index (χ3n) is 3.59. The van der Waals surface area contributed by atoms with Gasteiger partial charge in [0.2, 0.25) is 5.91 Å². The van der Waals surface area contributed by atoms with Crippen molar-refractivity contribution in [3.05, 3.63) is 81.9 Å². The Bertz CT molecular complexity index is 818. The predicted octanol–water partition coefficient (Wildman–Crippen LogP) is 2.51. The lowest BCUT2D eigenvalue weighted by Gasteiger charge is -2.15. The van der Waals surface area contributed by atoms with Gasteiger partial charge in [-0.05, 0) is 17.2 Å². The number of nitro benzene ring substituents is 1. The SMILES string of the molecule is COC(=O)[C@H](Cc1ccccc1)NC(=O)/C=C/c1cccc([N+](=O)[O-])c1. The van der Waals surface area contributed by atoms with Crippen LogP contribution in [0.1, 0.15) is 11.1 Å². The van der Waals surface area contributed by atoms with E-state index in [0.29, 0.717) is 12.0 Å². The maximum atomic E-state index is 12.1. The molecule has 1 atom stereocenters. The monoisotopic (exact) mass is 354 g/mol. The fourth-order valence-corrected chi connectivity index (χ4v) is 2.32. The molecule has 2 rings (SSSR count). The first-order chi connectivity index (χ1) is 12.5. The lowest BCUT2D eigenvalue weighted by molar-refractivity contribution is -0.384. The number of hydrogen-bond donors (Lipinski definition) is 1. The van der Waals surface area contributed by atoms with Crippen LogP contribution in [0.4, 0.5) is 5.69 Å². The van der Waals surface area contributed by atoms with Gasteiger partial charge in [-0.25, -0.2) is 4.79 Å². The van der Waals surface area contributed by atoms with Crippen molar-refractivity contribution in [3.8, 4) is 0 Å². The van der Waals surface area contributed by atoms with Crippen LogP contribution in [0.3, 0.4) is 0 Å². The standard InChI is InChI=1S/C19H18N2O5/c1-26-19(23)17(13-14-6-3-2-4-7-14)20-18(22)11-10-15-8-5-9-16(12-15)21(24)25/h2-12,17H,13H2,1H3,(H,20,22)/b11-10+/t17-/m0/s1. The first-order valence-electron chi connectivity index (χ1n) is 7.84. The van der Waals surface area contributed by atoms with Crippen LogP contribution in [-0.4, -0.2) is 30.0 Å². The maximum absolute atomic E-state index is 12.1. The molecule has 7 heteroatoms. The molecule has 0 aliphatic carbocycles. The molecule has 0 aliphatic rings. The van der Waals surface area contributed by atoms with Crippen LogP contribution in [0, 0.1) is 10.1 Å². The highest BCUT2D eigenvalue weighted by Gasteiger charge is 2.21. The summed E-state index contributed by atoms with van der Waals surface area (Å²) in [4.78, 5) is 34.3. The average Bonchev–Trinajstić information content (AvgIpc) is 2.66. The number of carbonyl (C=O) groups excluding carboxylic acids is 2. The lowest BCUT2D eigenvalue weighted by atomic mass is 10.1. The van der Waals surface area contributed by atoms with Gasteiger partial charge >= 0.3 is 5.97 Å². The van der Waals surface area contributed by atoms with Crippen molar-refractivity contribution in [1.82, 2.24) is 5.32 Å². The molecule has 0 saturated heterocycles. The van der Waals surface area contributed by atoms with E-state index in [2.05, 4.69) is 5.32 Å². The lowest BCUT2D eigenvalue weighted by Crippen LogP contribution is -2.42. The predicted molar refractivity (Wildman–Crippen MR) is 96.2 cm³/mol. The third-order valence-corrected chi connectivity index (χ3v) is 3.59. The second-order valence-electron chi connectivity index (χ2n) is 5.46. The fraction of sp³-hybridized carbons (Fsp3) is 0.158. The van der Waals surface area contributed by atoms with E-state index in [1.165, 1.54) is 37.5 Å². The Morgan fingerprint density at radius 2 is 1.92 bits per heavy atom. The van der Waals surface area contributed by atoms with Gasteiger partial charge in [0.05, 0.1) is 12.0 Å². The van der Waals surface area contributed by atoms with Crippen LogP contribution >= 0.6 is 0 Å². The van der Waals surface area contributed by atoms with Crippen molar-refractivity contribution in [2.45, 2.75) is 12.5 Å². The van der Waals surface area contributed by atoms with Gasteiger partial charge < -0.3 is 10.1 Å². The number of carbonyl (C=O) groups is 2. The molecule has 0 aromatic heterocycles. The molecule has 0 saturated carbocycles. The molecular formula is C19H18N2O5. The van der Waals surface area contributed by atoms with Crippen LogP contribution in [0.25, 0.3) is 6.08 Å². The average molecular weight is 354 g/mol. The quantitative estimate of drug-likeness (QED) is 0.356. The molecule has 26 heavy (non-hydrogen) atoms. The van der Waals surface area contributed by atoms with Gasteiger partial charge in [-0.3, -0.25) is 14.9 Å². The molecule has 0 bridgehead atoms. The van der Waals surface area contributed by atoms with Gasteiger partial charge in [-0.15, -0.1) is 0 Å². The number of esters is 1. The largest absolute Gasteiger partial charge is 0.467 e. The molecule has 0 radical (unpaired) electrons. The van der Waals surface area contributed by atoms with E-state index in [9.17, 15) is 19.7 Å². The Morgan fingerprint density at radius 3 is 2.58 bits per heavy atom. The molecule has 0 heterocycles. The highest BCUT2D eigenvalue weighted by Crippen LogP contribution is 2.14. The number of nitro groups is 1. The molecule has 0 spiro atoms. The summed E-state index contributed by atoms with van der Waals surface area (Å²) in [6.45, 7) is 0. The summed E-state index contributed by atoms with van der Waals surface area (Å²) in [5.74, 6) is -1.05. The minimum Gasteiger partial charge on any atom is -0.467 e. The van der Waals surface area contributed by atoms with E-state index in [0.717, 1.165) is 5.56 Å². The van der Waals surface area contributed by atoms with Crippen molar-refractivity contribution in [2.75, 3.05) is 7.11 Å². The number of benzene rings is 2. The van der Waals surface area contributed by atoms with Crippen molar-refractivity contribution in [3.63, 3.8) is 0 Å².